The zero-order valence-corrected chi connectivity index (χ0v) is 22.1. The fraction of sp³-hybridized carbons (Fsp3) is 0.250. The molecule has 4 aromatic rings. The predicted octanol–water partition coefficient (Wildman–Crippen LogP) is 4.31. The van der Waals surface area contributed by atoms with Crippen LogP contribution >= 0.6 is 0 Å². The molecule has 1 aliphatic heterocycles. The number of anilines is 3. The summed E-state index contributed by atoms with van der Waals surface area (Å²) in [7, 11) is -3.62. The molecule has 2 aromatic carbocycles. The van der Waals surface area contributed by atoms with Crippen LogP contribution in [0.25, 0.3) is 0 Å². The molecule has 1 aliphatic rings. The molecule has 0 spiro atoms. The number of hydrogen-bond donors (Lipinski definition) is 3. The first-order chi connectivity index (χ1) is 18.9. The maximum Gasteiger partial charge on any atom is 0.240 e. The lowest BCUT2D eigenvalue weighted by molar-refractivity contribution is 0.198. The van der Waals surface area contributed by atoms with Crippen molar-refractivity contribution in [3.05, 3.63) is 102 Å². The number of halogens is 1. The largest absolute Gasteiger partial charge is 0.350 e. The summed E-state index contributed by atoms with van der Waals surface area (Å²) in [5, 5.41) is 6.25. The Labute approximate surface area is 227 Å². The minimum Gasteiger partial charge on any atom is -0.350 e. The van der Waals surface area contributed by atoms with Crippen molar-refractivity contribution < 1.29 is 12.8 Å². The average Bonchev–Trinajstić information content (AvgIpc) is 2.95. The number of pyridine rings is 1. The van der Waals surface area contributed by atoms with Gasteiger partial charge < -0.3 is 10.6 Å². The molecule has 1 saturated heterocycles. The van der Waals surface area contributed by atoms with Crippen LogP contribution in [-0.4, -0.2) is 47.4 Å². The number of piperidine rings is 1. The van der Waals surface area contributed by atoms with E-state index in [1.54, 1.807) is 54.9 Å². The molecule has 0 radical (unpaired) electrons. The van der Waals surface area contributed by atoms with Crippen LogP contribution in [0.3, 0.4) is 0 Å². The highest BCUT2D eigenvalue weighted by Gasteiger charge is 2.24. The van der Waals surface area contributed by atoms with Crippen LogP contribution in [-0.2, 0) is 23.1 Å². The first-order valence-electron chi connectivity index (χ1n) is 12.8. The third-order valence-corrected chi connectivity index (χ3v) is 8.01. The minimum atomic E-state index is -3.62. The molecule has 2 aromatic heterocycles. The first-order valence-corrected chi connectivity index (χ1v) is 14.2. The fourth-order valence-corrected chi connectivity index (χ4v) is 5.68. The van der Waals surface area contributed by atoms with Crippen molar-refractivity contribution in [3.63, 3.8) is 0 Å². The Balaban J connectivity index is 1.11. The molecule has 0 amide bonds. The molecule has 0 saturated carbocycles. The third kappa shape index (κ3) is 7.56. The van der Waals surface area contributed by atoms with Gasteiger partial charge in [-0.3, -0.25) is 9.88 Å². The van der Waals surface area contributed by atoms with E-state index in [9.17, 15) is 12.8 Å². The number of aromatic nitrogens is 3. The summed E-state index contributed by atoms with van der Waals surface area (Å²) in [4.78, 5) is 15.6. The summed E-state index contributed by atoms with van der Waals surface area (Å²) in [6, 6.07) is 20.3. The van der Waals surface area contributed by atoms with Crippen molar-refractivity contribution in [2.75, 3.05) is 23.7 Å². The van der Waals surface area contributed by atoms with Gasteiger partial charge in [0.2, 0.25) is 16.0 Å². The summed E-state index contributed by atoms with van der Waals surface area (Å²) in [6.07, 6.45) is 4.91. The van der Waals surface area contributed by atoms with Crippen molar-refractivity contribution in [1.82, 2.24) is 24.6 Å². The molecule has 0 aliphatic carbocycles. The van der Waals surface area contributed by atoms with E-state index in [1.807, 2.05) is 18.2 Å². The zero-order chi connectivity index (χ0) is 27.1. The molecular weight excluding hydrogens is 517 g/mol. The number of benzene rings is 2. The Morgan fingerprint density at radius 2 is 1.67 bits per heavy atom. The lowest BCUT2D eigenvalue weighted by atomic mass is 10.1. The number of nitrogens with one attached hydrogen (secondary N) is 3. The van der Waals surface area contributed by atoms with Crippen LogP contribution < -0.4 is 15.4 Å². The van der Waals surface area contributed by atoms with Gasteiger partial charge in [0.05, 0.1) is 10.6 Å². The Morgan fingerprint density at radius 1 is 0.897 bits per heavy atom. The molecular formula is C28H30FN7O2S. The maximum absolute atomic E-state index is 13.1. The number of hydrogen-bond acceptors (Lipinski definition) is 8. The van der Waals surface area contributed by atoms with Gasteiger partial charge in [0.1, 0.15) is 11.6 Å². The standard InChI is InChI=1S/C28H30FN7O2S/c29-22-6-8-23(9-7-22)33-27-12-16-31-28(34-27)32-19-21-4-10-26(11-5-21)39(37,38)35-24-13-17-36(18-14-24)20-25-3-1-2-15-30-25/h1-12,15-16,24,35H,13-14,17-20H2,(H2,31,32,33,34). The van der Waals surface area contributed by atoms with Crippen LogP contribution in [0, 0.1) is 5.82 Å². The molecule has 3 N–H and O–H groups in total. The lowest BCUT2D eigenvalue weighted by Crippen LogP contribution is -2.44. The molecule has 39 heavy (non-hydrogen) atoms. The number of likely N-dealkylation sites (tertiary alicyclic amines) is 1. The molecule has 11 heteroatoms. The van der Waals surface area contributed by atoms with Crippen LogP contribution in [0.1, 0.15) is 24.1 Å². The molecule has 202 valence electrons. The van der Waals surface area contributed by atoms with Gasteiger partial charge in [0.15, 0.2) is 0 Å². The van der Waals surface area contributed by atoms with Crippen molar-refractivity contribution in [1.29, 1.82) is 0 Å². The lowest BCUT2D eigenvalue weighted by Gasteiger charge is -2.31. The summed E-state index contributed by atoms with van der Waals surface area (Å²) in [5.74, 6) is 0.669. The minimum absolute atomic E-state index is 0.0933. The van der Waals surface area contributed by atoms with Gasteiger partial charge in [-0.05, 0) is 73.0 Å². The van der Waals surface area contributed by atoms with Gasteiger partial charge in [-0.15, -0.1) is 0 Å². The molecule has 1 fully saturated rings. The van der Waals surface area contributed by atoms with Gasteiger partial charge >= 0.3 is 0 Å². The van der Waals surface area contributed by atoms with E-state index in [4.69, 9.17) is 0 Å². The highest BCUT2D eigenvalue weighted by Crippen LogP contribution is 2.19. The first kappa shape index (κ1) is 26.7. The monoisotopic (exact) mass is 547 g/mol. The van der Waals surface area contributed by atoms with Gasteiger partial charge in [0, 0.05) is 50.3 Å². The van der Waals surface area contributed by atoms with Crippen molar-refractivity contribution in [2.24, 2.45) is 0 Å². The van der Waals surface area contributed by atoms with E-state index in [0.717, 1.165) is 43.7 Å². The van der Waals surface area contributed by atoms with Gasteiger partial charge in [-0.2, -0.15) is 4.98 Å². The van der Waals surface area contributed by atoms with Gasteiger partial charge in [-0.25, -0.2) is 22.5 Å². The van der Waals surface area contributed by atoms with E-state index in [-0.39, 0.29) is 16.8 Å². The van der Waals surface area contributed by atoms with E-state index in [2.05, 4.69) is 35.2 Å². The molecule has 3 heterocycles. The molecule has 0 bridgehead atoms. The zero-order valence-electron chi connectivity index (χ0n) is 21.3. The Bertz CT molecular complexity index is 1460. The summed E-state index contributed by atoms with van der Waals surface area (Å²) in [6.45, 7) is 2.83. The van der Waals surface area contributed by atoms with E-state index in [1.165, 1.54) is 12.1 Å². The third-order valence-electron chi connectivity index (χ3n) is 6.48. The second-order valence-corrected chi connectivity index (χ2v) is 11.1. The van der Waals surface area contributed by atoms with E-state index in [0.29, 0.717) is 24.0 Å². The molecule has 0 unspecified atom stereocenters. The predicted molar refractivity (Wildman–Crippen MR) is 148 cm³/mol. The fourth-order valence-electron chi connectivity index (χ4n) is 4.38. The second kappa shape index (κ2) is 12.3. The van der Waals surface area contributed by atoms with E-state index < -0.39 is 10.0 Å². The van der Waals surface area contributed by atoms with Crippen molar-refractivity contribution in [3.8, 4) is 0 Å². The van der Waals surface area contributed by atoms with Crippen molar-refractivity contribution in [2.45, 2.75) is 36.9 Å². The summed E-state index contributed by atoms with van der Waals surface area (Å²) in [5.41, 5.74) is 2.62. The molecule has 9 nitrogen and oxygen atoms in total. The topological polar surface area (TPSA) is 112 Å². The summed E-state index contributed by atoms with van der Waals surface area (Å²) >= 11 is 0. The van der Waals surface area contributed by atoms with Crippen LogP contribution in [0.5, 0.6) is 0 Å². The van der Waals surface area contributed by atoms with Crippen LogP contribution in [0.4, 0.5) is 21.8 Å². The van der Waals surface area contributed by atoms with Crippen LogP contribution in [0.2, 0.25) is 0 Å². The Hall–Kier alpha value is -3.93. The molecule has 0 atom stereocenters. The Kier molecular flexibility index (Phi) is 8.40. The number of sulfonamides is 1. The Morgan fingerprint density at radius 3 is 2.38 bits per heavy atom. The highest BCUT2D eigenvalue weighted by molar-refractivity contribution is 7.89. The smallest absolute Gasteiger partial charge is 0.240 e. The number of nitrogens with zero attached hydrogens (tertiary/aromatic N) is 4. The van der Waals surface area contributed by atoms with E-state index >= 15 is 0 Å². The van der Waals surface area contributed by atoms with Gasteiger partial charge in [0.25, 0.3) is 0 Å². The normalized spacial score (nSPS) is 14.7. The van der Waals surface area contributed by atoms with Gasteiger partial charge in [-0.1, -0.05) is 18.2 Å². The average molecular weight is 548 g/mol. The quantitative estimate of drug-likeness (QED) is 0.269. The SMILES string of the molecule is O=S(=O)(NC1CCN(Cc2ccccn2)CC1)c1ccc(CNc2nccc(Nc3ccc(F)cc3)n2)cc1. The second-order valence-electron chi connectivity index (χ2n) is 9.39. The van der Waals surface area contributed by atoms with Crippen LogP contribution in [0.15, 0.2) is 90.1 Å². The maximum atomic E-state index is 13.1. The van der Waals surface area contributed by atoms with Crippen molar-refractivity contribution >= 4 is 27.5 Å². The number of rotatable bonds is 10. The molecule has 5 rings (SSSR count). The summed E-state index contributed by atoms with van der Waals surface area (Å²) < 4.78 is 41.9. The highest BCUT2D eigenvalue weighted by atomic mass is 32.2.